The van der Waals surface area contributed by atoms with Crippen LogP contribution in [0.15, 0.2) is 42.5 Å². The summed E-state index contributed by atoms with van der Waals surface area (Å²) in [5.41, 5.74) is 3.95. The van der Waals surface area contributed by atoms with Crippen LogP contribution in [0.5, 0.6) is 17.2 Å². The van der Waals surface area contributed by atoms with Crippen molar-refractivity contribution in [2.45, 2.75) is 25.2 Å². The molecule has 4 N–H and O–H groups in total. The number of carbonyl (C=O) groups excluding carboxylic acids is 1. The average Bonchev–Trinajstić information content (AvgIpc) is 2.66. The highest BCUT2D eigenvalue weighted by Gasteiger charge is 2.35. The Hall–Kier alpha value is -2.78. The Morgan fingerprint density at radius 1 is 1.14 bits per heavy atom. The van der Waals surface area contributed by atoms with Crippen LogP contribution in [0, 0.1) is 0 Å². The van der Waals surface area contributed by atoms with Crippen LogP contribution in [0.3, 0.4) is 0 Å². The van der Waals surface area contributed by atoms with E-state index in [-0.39, 0.29) is 23.8 Å². The van der Waals surface area contributed by atoms with Gasteiger partial charge >= 0.3 is 6.18 Å². The molecule has 0 heterocycles. The quantitative estimate of drug-likeness (QED) is 0.667. The van der Waals surface area contributed by atoms with Crippen LogP contribution in [0.4, 0.5) is 13.2 Å². The Morgan fingerprint density at radius 2 is 1.75 bits per heavy atom. The van der Waals surface area contributed by atoms with Crippen LogP contribution in [-0.2, 0) is 17.5 Å². The van der Waals surface area contributed by atoms with Gasteiger partial charge in [0.05, 0.1) is 13.7 Å². The first-order valence-electron chi connectivity index (χ1n) is 8.27. The third-order valence-electron chi connectivity index (χ3n) is 3.94. The molecule has 0 radical (unpaired) electrons. The molecule has 2 aromatic carbocycles. The van der Waals surface area contributed by atoms with E-state index in [1.807, 2.05) is 0 Å². The largest absolute Gasteiger partial charge is 0.497 e. The number of methoxy groups -OCH3 is 1. The summed E-state index contributed by atoms with van der Waals surface area (Å²) in [6.45, 7) is 1.03. The molecule has 0 unspecified atom stereocenters. The van der Waals surface area contributed by atoms with Gasteiger partial charge in [0.25, 0.3) is 0 Å². The van der Waals surface area contributed by atoms with Crippen molar-refractivity contribution >= 4 is 5.91 Å². The number of nitrogens with one attached hydrogen (secondary N) is 1. The number of aliphatic hydroxyl groups excluding tert-OH is 1. The molecule has 2 aromatic rings. The lowest BCUT2D eigenvalue weighted by Gasteiger charge is -2.20. The predicted octanol–water partition coefficient (Wildman–Crippen LogP) is 2.83. The Balaban J connectivity index is 2.10. The standard InChI is InChI=1S/C19H21F3N2O4/c1-18(23,11-25)17(26)24-10-12-3-5-13(6-4-12)28-16-8-7-14(27-2)9-15(16)19(20,21)22/h3-9,25H,10-11,23H2,1-2H3,(H,24,26)/t18-/m1/s1. The number of halogens is 3. The average molecular weight is 398 g/mol. The van der Waals surface area contributed by atoms with Gasteiger partial charge in [-0.2, -0.15) is 13.2 Å². The molecule has 0 aromatic heterocycles. The fourth-order valence-corrected chi connectivity index (χ4v) is 2.20. The molecule has 0 saturated heterocycles. The minimum Gasteiger partial charge on any atom is -0.497 e. The zero-order valence-corrected chi connectivity index (χ0v) is 15.3. The third kappa shape index (κ3) is 5.37. The molecule has 0 aliphatic rings. The molecule has 0 bridgehead atoms. The minimum absolute atomic E-state index is 0.0700. The first-order valence-corrected chi connectivity index (χ1v) is 8.27. The van der Waals surface area contributed by atoms with E-state index >= 15 is 0 Å². The van der Waals surface area contributed by atoms with Gasteiger partial charge in [0, 0.05) is 6.54 Å². The van der Waals surface area contributed by atoms with Gasteiger partial charge in [-0.25, -0.2) is 0 Å². The number of aliphatic hydroxyl groups is 1. The summed E-state index contributed by atoms with van der Waals surface area (Å²) in [6, 6.07) is 9.59. The number of rotatable bonds is 7. The SMILES string of the molecule is COc1ccc(Oc2ccc(CNC(=O)[C@](C)(N)CO)cc2)c(C(F)(F)F)c1. The molecule has 28 heavy (non-hydrogen) atoms. The van der Waals surface area contributed by atoms with Gasteiger partial charge in [0.15, 0.2) is 0 Å². The number of alkyl halides is 3. The van der Waals surface area contributed by atoms with Gasteiger partial charge in [-0.15, -0.1) is 0 Å². The highest BCUT2D eigenvalue weighted by atomic mass is 19.4. The molecule has 152 valence electrons. The molecule has 0 fully saturated rings. The van der Waals surface area contributed by atoms with Gasteiger partial charge in [0.2, 0.25) is 5.91 Å². The lowest BCUT2D eigenvalue weighted by molar-refractivity contribution is -0.138. The summed E-state index contributed by atoms with van der Waals surface area (Å²) in [4.78, 5) is 11.8. The Kier molecular flexibility index (Phi) is 6.52. The Bertz CT molecular complexity index is 821. The van der Waals surface area contributed by atoms with Gasteiger partial charge < -0.3 is 25.6 Å². The fraction of sp³-hybridized carbons (Fsp3) is 0.316. The van der Waals surface area contributed by atoms with Crippen molar-refractivity contribution in [2.24, 2.45) is 5.73 Å². The molecule has 6 nitrogen and oxygen atoms in total. The summed E-state index contributed by atoms with van der Waals surface area (Å²) in [5, 5.41) is 11.6. The highest BCUT2D eigenvalue weighted by molar-refractivity contribution is 5.85. The van der Waals surface area contributed by atoms with E-state index in [9.17, 15) is 18.0 Å². The summed E-state index contributed by atoms with van der Waals surface area (Å²) < 4.78 is 49.9. The van der Waals surface area contributed by atoms with E-state index in [1.54, 1.807) is 12.1 Å². The van der Waals surface area contributed by atoms with Crippen LogP contribution in [-0.4, -0.2) is 30.3 Å². The Labute approximate surface area is 160 Å². The van der Waals surface area contributed by atoms with Gasteiger partial charge in [0.1, 0.15) is 28.4 Å². The van der Waals surface area contributed by atoms with Crippen molar-refractivity contribution in [1.29, 1.82) is 0 Å². The minimum atomic E-state index is -4.60. The second-order valence-corrected chi connectivity index (χ2v) is 6.36. The number of benzene rings is 2. The van der Waals surface area contributed by atoms with Crippen molar-refractivity contribution in [2.75, 3.05) is 13.7 Å². The Morgan fingerprint density at radius 3 is 2.29 bits per heavy atom. The predicted molar refractivity (Wildman–Crippen MR) is 96.0 cm³/mol. The maximum atomic E-state index is 13.2. The van der Waals surface area contributed by atoms with E-state index in [2.05, 4.69) is 5.32 Å². The molecular weight excluding hydrogens is 377 g/mol. The van der Waals surface area contributed by atoms with E-state index < -0.39 is 29.8 Å². The molecule has 1 amide bonds. The number of ether oxygens (including phenoxy) is 2. The number of nitrogens with two attached hydrogens (primary N) is 1. The molecule has 0 saturated carbocycles. The second kappa shape index (κ2) is 8.49. The van der Waals surface area contributed by atoms with E-state index in [1.165, 1.54) is 38.3 Å². The maximum Gasteiger partial charge on any atom is 0.420 e. The van der Waals surface area contributed by atoms with Crippen LogP contribution in [0.1, 0.15) is 18.1 Å². The van der Waals surface area contributed by atoms with Gasteiger partial charge in [-0.3, -0.25) is 4.79 Å². The van der Waals surface area contributed by atoms with Crippen molar-refractivity contribution in [3.63, 3.8) is 0 Å². The van der Waals surface area contributed by atoms with Crippen LogP contribution < -0.4 is 20.5 Å². The highest BCUT2D eigenvalue weighted by Crippen LogP contribution is 2.40. The smallest absolute Gasteiger partial charge is 0.420 e. The summed E-state index contributed by atoms with van der Waals surface area (Å²) in [5.74, 6) is -0.607. The first-order chi connectivity index (χ1) is 13.1. The summed E-state index contributed by atoms with van der Waals surface area (Å²) in [6.07, 6.45) is -4.60. The lowest BCUT2D eigenvalue weighted by atomic mass is 10.0. The normalized spacial score (nSPS) is 13.5. The fourth-order valence-electron chi connectivity index (χ4n) is 2.20. The van der Waals surface area contributed by atoms with E-state index in [0.29, 0.717) is 5.56 Å². The van der Waals surface area contributed by atoms with Crippen molar-refractivity contribution in [3.05, 3.63) is 53.6 Å². The maximum absolute atomic E-state index is 13.2. The molecule has 0 aliphatic carbocycles. The number of hydrogen-bond acceptors (Lipinski definition) is 5. The molecular formula is C19H21F3N2O4. The summed E-state index contributed by atoms with van der Waals surface area (Å²) >= 11 is 0. The summed E-state index contributed by atoms with van der Waals surface area (Å²) in [7, 11) is 1.28. The van der Waals surface area contributed by atoms with E-state index in [0.717, 1.165) is 6.07 Å². The second-order valence-electron chi connectivity index (χ2n) is 6.36. The topological polar surface area (TPSA) is 93.8 Å². The molecule has 2 rings (SSSR count). The van der Waals surface area contributed by atoms with E-state index in [4.69, 9.17) is 20.3 Å². The molecule has 1 atom stereocenters. The molecule has 0 spiro atoms. The van der Waals surface area contributed by atoms with Gasteiger partial charge in [-0.1, -0.05) is 12.1 Å². The lowest BCUT2D eigenvalue weighted by Crippen LogP contribution is -2.54. The third-order valence-corrected chi connectivity index (χ3v) is 3.94. The number of amides is 1. The zero-order valence-electron chi connectivity index (χ0n) is 15.3. The number of hydrogen-bond donors (Lipinski definition) is 3. The molecule has 0 aliphatic heterocycles. The first kappa shape index (κ1) is 21.5. The van der Waals surface area contributed by atoms with Crippen LogP contribution >= 0.6 is 0 Å². The van der Waals surface area contributed by atoms with Crippen LogP contribution in [0.2, 0.25) is 0 Å². The zero-order chi connectivity index (χ0) is 20.9. The van der Waals surface area contributed by atoms with Crippen molar-refractivity contribution < 1.29 is 32.5 Å². The van der Waals surface area contributed by atoms with Gasteiger partial charge in [-0.05, 0) is 42.8 Å². The monoisotopic (exact) mass is 398 g/mol. The molecule has 9 heteroatoms. The van der Waals surface area contributed by atoms with Crippen molar-refractivity contribution in [1.82, 2.24) is 5.32 Å². The van der Waals surface area contributed by atoms with Crippen molar-refractivity contribution in [3.8, 4) is 17.2 Å². The van der Waals surface area contributed by atoms with Crippen LogP contribution in [0.25, 0.3) is 0 Å². The number of carbonyl (C=O) groups is 1.